The van der Waals surface area contributed by atoms with Crippen molar-refractivity contribution in [3.63, 3.8) is 0 Å². The van der Waals surface area contributed by atoms with Crippen LogP contribution in [0.15, 0.2) is 0 Å². The van der Waals surface area contributed by atoms with Gasteiger partial charge < -0.3 is 54.3 Å². The predicted octanol–water partition coefficient (Wildman–Crippen LogP) is -2.98. The van der Waals surface area contributed by atoms with Gasteiger partial charge in [-0.05, 0) is 0 Å². The Morgan fingerprint density at radius 2 is 1.15 bits per heavy atom. The van der Waals surface area contributed by atoms with Crippen molar-refractivity contribution in [2.24, 2.45) is 11.8 Å². The SMILES string of the molecule is CC(C)C(=O)O[C@H]1[C@@H](O[C@H]2O[C@H](CO)[C@@H](O)[C@H](O)[C@H]2O)O[C@H](CO)[C@@H](O)[C@@H]1OC(=O)C(C)C. The summed E-state index contributed by atoms with van der Waals surface area (Å²) in [5.74, 6) is -2.69. The first-order chi connectivity index (χ1) is 15.4. The second-order valence-corrected chi connectivity index (χ2v) is 8.66. The van der Waals surface area contributed by atoms with Gasteiger partial charge in [0.05, 0.1) is 25.0 Å². The Morgan fingerprint density at radius 1 is 0.697 bits per heavy atom. The lowest BCUT2D eigenvalue weighted by atomic mass is 9.97. The predicted molar refractivity (Wildman–Crippen MR) is 106 cm³/mol. The lowest BCUT2D eigenvalue weighted by Gasteiger charge is -2.46. The highest BCUT2D eigenvalue weighted by atomic mass is 16.8. The van der Waals surface area contributed by atoms with E-state index in [-0.39, 0.29) is 0 Å². The minimum Gasteiger partial charge on any atom is -0.455 e. The Morgan fingerprint density at radius 3 is 1.64 bits per heavy atom. The Labute approximate surface area is 190 Å². The van der Waals surface area contributed by atoms with E-state index in [0.717, 1.165) is 0 Å². The van der Waals surface area contributed by atoms with Gasteiger partial charge in [0.25, 0.3) is 0 Å². The standard InChI is InChI=1S/C20H34O13/c1-7(2)17(27)31-15-12(24)10(6-22)30-20(16(15)32-18(28)8(3)4)33-19-14(26)13(25)11(23)9(5-21)29-19/h7-16,19-26H,5-6H2,1-4H3/t9-,10-,11-,12-,13+,14-,15+,16-,19-,20-/m1/s1. The zero-order chi connectivity index (χ0) is 25.0. The van der Waals surface area contributed by atoms with Crippen LogP contribution in [0.3, 0.4) is 0 Å². The number of hydrogen-bond donors (Lipinski definition) is 6. The monoisotopic (exact) mass is 482 g/mol. The fourth-order valence-electron chi connectivity index (χ4n) is 3.26. The average Bonchev–Trinajstić information content (AvgIpc) is 2.77. The third-order valence-electron chi connectivity index (χ3n) is 5.36. The molecule has 0 aromatic rings. The topological polar surface area (TPSA) is 202 Å². The van der Waals surface area contributed by atoms with Gasteiger partial charge in [-0.3, -0.25) is 9.59 Å². The van der Waals surface area contributed by atoms with Gasteiger partial charge in [-0.1, -0.05) is 27.7 Å². The number of hydrogen-bond acceptors (Lipinski definition) is 13. The fourth-order valence-corrected chi connectivity index (χ4v) is 3.26. The smallest absolute Gasteiger partial charge is 0.308 e. The zero-order valence-electron chi connectivity index (χ0n) is 18.9. The molecule has 0 bridgehead atoms. The summed E-state index contributed by atoms with van der Waals surface area (Å²) in [5, 5.41) is 59.9. The Bertz CT molecular complexity index is 654. The summed E-state index contributed by atoms with van der Waals surface area (Å²) in [5.41, 5.74) is 0. The van der Waals surface area contributed by atoms with E-state index < -0.39 is 98.4 Å². The second kappa shape index (κ2) is 11.8. The Kier molecular flexibility index (Phi) is 9.96. The zero-order valence-corrected chi connectivity index (χ0v) is 18.9. The highest BCUT2D eigenvalue weighted by molar-refractivity contribution is 5.73. The van der Waals surface area contributed by atoms with Crippen LogP contribution in [-0.2, 0) is 33.3 Å². The molecule has 0 aromatic carbocycles. The molecular formula is C20H34O13. The van der Waals surface area contributed by atoms with Gasteiger partial charge in [0.1, 0.15) is 36.6 Å². The van der Waals surface area contributed by atoms with Gasteiger partial charge in [-0.2, -0.15) is 0 Å². The van der Waals surface area contributed by atoms with Crippen LogP contribution in [0.4, 0.5) is 0 Å². The van der Waals surface area contributed by atoms with Crippen molar-refractivity contribution in [1.82, 2.24) is 0 Å². The summed E-state index contributed by atoms with van der Waals surface area (Å²) < 4.78 is 27.1. The number of rotatable bonds is 8. The molecule has 2 rings (SSSR count). The molecule has 10 atom stereocenters. The quantitative estimate of drug-likeness (QED) is 0.191. The first kappa shape index (κ1) is 27.8. The molecule has 2 saturated heterocycles. The highest BCUT2D eigenvalue weighted by Gasteiger charge is 2.53. The molecule has 2 aliphatic rings. The molecule has 0 amide bonds. The van der Waals surface area contributed by atoms with E-state index >= 15 is 0 Å². The van der Waals surface area contributed by atoms with Crippen molar-refractivity contribution in [3.8, 4) is 0 Å². The third kappa shape index (κ3) is 6.38. The molecule has 0 aromatic heterocycles. The maximum Gasteiger partial charge on any atom is 0.308 e. The molecular weight excluding hydrogens is 448 g/mol. The lowest BCUT2D eigenvalue weighted by molar-refractivity contribution is -0.377. The molecule has 2 aliphatic heterocycles. The summed E-state index contributed by atoms with van der Waals surface area (Å²) in [4.78, 5) is 24.6. The maximum atomic E-state index is 12.3. The van der Waals surface area contributed by atoms with Crippen molar-refractivity contribution in [1.29, 1.82) is 0 Å². The van der Waals surface area contributed by atoms with Crippen molar-refractivity contribution in [2.75, 3.05) is 13.2 Å². The van der Waals surface area contributed by atoms with E-state index in [1.807, 2.05) is 0 Å². The van der Waals surface area contributed by atoms with Crippen molar-refractivity contribution in [2.45, 2.75) is 89.1 Å². The molecule has 13 heteroatoms. The van der Waals surface area contributed by atoms with Crippen LogP contribution in [0.25, 0.3) is 0 Å². The van der Waals surface area contributed by atoms with Gasteiger partial charge in [0.2, 0.25) is 6.29 Å². The number of aliphatic hydroxyl groups is 6. The molecule has 6 N–H and O–H groups in total. The van der Waals surface area contributed by atoms with Crippen LogP contribution < -0.4 is 0 Å². The van der Waals surface area contributed by atoms with E-state index in [0.29, 0.717) is 0 Å². The summed E-state index contributed by atoms with van der Waals surface area (Å²) in [6, 6.07) is 0. The molecule has 0 saturated carbocycles. The van der Waals surface area contributed by atoms with Crippen LogP contribution >= 0.6 is 0 Å². The number of carbonyl (C=O) groups is 2. The van der Waals surface area contributed by atoms with Gasteiger partial charge >= 0.3 is 11.9 Å². The number of ether oxygens (including phenoxy) is 5. The largest absolute Gasteiger partial charge is 0.455 e. The van der Waals surface area contributed by atoms with E-state index in [4.69, 9.17) is 23.7 Å². The highest BCUT2D eigenvalue weighted by Crippen LogP contribution is 2.31. The van der Waals surface area contributed by atoms with Crippen molar-refractivity contribution in [3.05, 3.63) is 0 Å². The molecule has 0 spiro atoms. The van der Waals surface area contributed by atoms with Crippen LogP contribution in [0.1, 0.15) is 27.7 Å². The van der Waals surface area contributed by atoms with E-state index in [2.05, 4.69) is 0 Å². The van der Waals surface area contributed by atoms with E-state index in [1.54, 1.807) is 27.7 Å². The lowest BCUT2D eigenvalue weighted by Crippen LogP contribution is -2.65. The van der Waals surface area contributed by atoms with Crippen LogP contribution in [0, 0.1) is 11.8 Å². The second-order valence-electron chi connectivity index (χ2n) is 8.66. The van der Waals surface area contributed by atoms with Gasteiger partial charge in [0.15, 0.2) is 18.5 Å². The molecule has 13 nitrogen and oxygen atoms in total. The Balaban J connectivity index is 2.36. The molecule has 0 radical (unpaired) electrons. The first-order valence-electron chi connectivity index (χ1n) is 10.7. The molecule has 192 valence electrons. The minimum atomic E-state index is -1.80. The normalized spacial score (nSPS) is 39.5. The molecule has 0 aliphatic carbocycles. The summed E-state index contributed by atoms with van der Waals surface area (Å²) in [7, 11) is 0. The van der Waals surface area contributed by atoms with E-state index in [1.165, 1.54) is 0 Å². The summed E-state index contributed by atoms with van der Waals surface area (Å²) >= 11 is 0. The molecule has 0 unspecified atom stereocenters. The van der Waals surface area contributed by atoms with Crippen LogP contribution in [0.2, 0.25) is 0 Å². The number of aliphatic hydroxyl groups excluding tert-OH is 6. The average molecular weight is 482 g/mol. The van der Waals surface area contributed by atoms with Crippen LogP contribution in [0.5, 0.6) is 0 Å². The van der Waals surface area contributed by atoms with Gasteiger partial charge in [-0.15, -0.1) is 0 Å². The summed E-state index contributed by atoms with van der Waals surface area (Å²) in [6.45, 7) is 4.75. The van der Waals surface area contributed by atoms with Crippen LogP contribution in [-0.4, -0.2) is 117 Å². The summed E-state index contributed by atoms with van der Waals surface area (Å²) in [6.07, 6.45) is -15.8. The molecule has 2 heterocycles. The van der Waals surface area contributed by atoms with Crippen molar-refractivity contribution < 1.29 is 63.9 Å². The minimum absolute atomic E-state index is 0.598. The fraction of sp³-hybridized carbons (Fsp3) is 0.900. The van der Waals surface area contributed by atoms with Gasteiger partial charge in [-0.25, -0.2) is 0 Å². The number of esters is 2. The maximum absolute atomic E-state index is 12.3. The molecule has 33 heavy (non-hydrogen) atoms. The number of carbonyl (C=O) groups excluding carboxylic acids is 2. The first-order valence-corrected chi connectivity index (χ1v) is 10.7. The van der Waals surface area contributed by atoms with Gasteiger partial charge in [0, 0.05) is 0 Å². The molecule has 2 fully saturated rings. The van der Waals surface area contributed by atoms with Crippen molar-refractivity contribution >= 4 is 11.9 Å². The third-order valence-corrected chi connectivity index (χ3v) is 5.36. The Hall–Kier alpha value is -1.42. The van der Waals surface area contributed by atoms with E-state index in [9.17, 15) is 40.2 Å².